The first-order valence-electron chi connectivity index (χ1n) is 4.00. The van der Waals surface area contributed by atoms with Gasteiger partial charge < -0.3 is 4.90 Å². The van der Waals surface area contributed by atoms with Gasteiger partial charge in [-0.15, -0.1) is 0 Å². The maximum Gasteiger partial charge on any atom is 0.0732 e. The monoisotopic (exact) mass is 227 g/mol. The molecule has 0 amide bonds. The topological polar surface area (TPSA) is 3.24 Å². The third-order valence-corrected chi connectivity index (χ3v) is 2.92. The van der Waals surface area contributed by atoms with Crippen LogP contribution in [-0.4, -0.2) is 12.5 Å². The number of hydrogen-bond acceptors (Lipinski definition) is 1. The molecule has 1 nitrogen and oxygen atoms in total. The van der Waals surface area contributed by atoms with Gasteiger partial charge in [-0.05, 0) is 31.0 Å². The summed E-state index contributed by atoms with van der Waals surface area (Å²) in [5, 5.41) is 0. The predicted octanol–water partition coefficient (Wildman–Crippen LogP) is 3.09. The summed E-state index contributed by atoms with van der Waals surface area (Å²) in [6.07, 6.45) is 0. The van der Waals surface area contributed by atoms with Gasteiger partial charge in [-0.3, -0.25) is 0 Å². The molecule has 1 aromatic rings. The number of halogens is 1. The van der Waals surface area contributed by atoms with E-state index in [1.54, 1.807) is 0 Å². The Kier molecular flexibility index (Phi) is 3.15. The van der Waals surface area contributed by atoms with Crippen LogP contribution in [0.15, 0.2) is 18.2 Å². The fraction of sp³-hybridized carbons (Fsp3) is 0.400. The van der Waals surface area contributed by atoms with E-state index in [-0.39, 0.29) is 0 Å². The summed E-state index contributed by atoms with van der Waals surface area (Å²) in [5.74, 6) is 0. The average Bonchev–Trinajstić information content (AvgIpc) is 2.08. The zero-order valence-electron chi connectivity index (χ0n) is 7.76. The molecule has 0 aliphatic carbocycles. The molecule has 0 unspecified atom stereocenters. The van der Waals surface area contributed by atoms with Crippen LogP contribution in [0.5, 0.6) is 0 Å². The summed E-state index contributed by atoms with van der Waals surface area (Å²) in [7, 11) is 2.08. The van der Waals surface area contributed by atoms with Crippen LogP contribution in [0.3, 0.4) is 0 Å². The third-order valence-electron chi connectivity index (χ3n) is 2.17. The Morgan fingerprint density at radius 2 is 2.00 bits per heavy atom. The molecule has 0 aliphatic rings. The minimum absolute atomic E-state index is 0.872. The largest absolute Gasteiger partial charge is 0.364 e. The Labute approximate surface area is 82.5 Å². The predicted molar refractivity (Wildman–Crippen MR) is 58.1 cm³/mol. The van der Waals surface area contributed by atoms with E-state index < -0.39 is 0 Å². The van der Waals surface area contributed by atoms with E-state index in [0.717, 1.165) is 5.45 Å². The van der Waals surface area contributed by atoms with E-state index in [1.807, 2.05) is 0 Å². The molecule has 0 spiro atoms. The molecule has 0 aliphatic heterocycles. The molecule has 0 fully saturated rings. The van der Waals surface area contributed by atoms with Crippen molar-refractivity contribution in [3.63, 3.8) is 0 Å². The van der Waals surface area contributed by atoms with Gasteiger partial charge in [-0.2, -0.15) is 0 Å². The van der Waals surface area contributed by atoms with E-state index in [1.165, 1.54) is 16.8 Å². The SMILES string of the molecule is Cc1cccc(N(C)CBr)c1C. The second kappa shape index (κ2) is 3.94. The van der Waals surface area contributed by atoms with Crippen molar-refractivity contribution in [3.8, 4) is 0 Å². The standard InChI is InChI=1S/C10H14BrN/c1-8-5-4-6-10(9(8)2)12(3)7-11/h4-6H,7H2,1-3H3. The summed E-state index contributed by atoms with van der Waals surface area (Å²) in [5.41, 5.74) is 4.88. The maximum absolute atomic E-state index is 3.44. The van der Waals surface area contributed by atoms with Crippen LogP contribution in [-0.2, 0) is 0 Å². The first kappa shape index (κ1) is 9.59. The number of anilines is 1. The third kappa shape index (κ3) is 1.81. The van der Waals surface area contributed by atoms with E-state index in [9.17, 15) is 0 Å². The van der Waals surface area contributed by atoms with Gasteiger partial charge in [0, 0.05) is 12.7 Å². The molecule has 1 rings (SSSR count). The minimum atomic E-state index is 0.872. The Morgan fingerprint density at radius 3 is 2.58 bits per heavy atom. The lowest BCUT2D eigenvalue weighted by molar-refractivity contribution is 1.08. The molecule has 1 aromatic carbocycles. The van der Waals surface area contributed by atoms with Gasteiger partial charge in [-0.1, -0.05) is 28.1 Å². The van der Waals surface area contributed by atoms with E-state index >= 15 is 0 Å². The summed E-state index contributed by atoms with van der Waals surface area (Å²) < 4.78 is 0. The number of hydrogen-bond donors (Lipinski definition) is 0. The lowest BCUT2D eigenvalue weighted by Crippen LogP contribution is -2.15. The maximum atomic E-state index is 3.44. The Hall–Kier alpha value is -0.500. The second-order valence-corrected chi connectivity index (χ2v) is 3.54. The minimum Gasteiger partial charge on any atom is -0.364 e. The van der Waals surface area contributed by atoms with Crippen LogP contribution in [0, 0.1) is 13.8 Å². The Balaban J connectivity index is 3.07. The number of aryl methyl sites for hydroxylation is 1. The summed E-state index contributed by atoms with van der Waals surface area (Å²) in [4.78, 5) is 2.18. The number of rotatable bonds is 2. The fourth-order valence-corrected chi connectivity index (χ4v) is 1.48. The van der Waals surface area contributed by atoms with Crippen molar-refractivity contribution in [2.75, 3.05) is 17.4 Å². The summed E-state index contributed by atoms with van der Waals surface area (Å²) in [6.45, 7) is 4.30. The number of nitrogens with zero attached hydrogens (tertiary/aromatic N) is 1. The molecule has 0 saturated carbocycles. The van der Waals surface area contributed by atoms with Crippen LogP contribution in [0.25, 0.3) is 0 Å². The van der Waals surface area contributed by atoms with Gasteiger partial charge in [-0.25, -0.2) is 0 Å². The van der Waals surface area contributed by atoms with Crippen molar-refractivity contribution >= 4 is 21.6 Å². The molecule has 0 heterocycles. The lowest BCUT2D eigenvalue weighted by atomic mass is 10.1. The highest BCUT2D eigenvalue weighted by Gasteiger charge is 2.03. The Bertz CT molecular complexity index is 271. The smallest absolute Gasteiger partial charge is 0.0732 e. The molecule has 0 saturated heterocycles. The van der Waals surface area contributed by atoms with Gasteiger partial charge in [0.2, 0.25) is 0 Å². The van der Waals surface area contributed by atoms with Crippen molar-refractivity contribution in [2.24, 2.45) is 0 Å². The van der Waals surface area contributed by atoms with Crippen molar-refractivity contribution in [3.05, 3.63) is 29.3 Å². The molecular weight excluding hydrogens is 214 g/mol. The molecule has 12 heavy (non-hydrogen) atoms. The van der Waals surface area contributed by atoms with Crippen molar-refractivity contribution in [1.82, 2.24) is 0 Å². The molecule has 0 aromatic heterocycles. The van der Waals surface area contributed by atoms with Gasteiger partial charge in [0.1, 0.15) is 0 Å². The molecule has 0 atom stereocenters. The highest BCUT2D eigenvalue weighted by atomic mass is 79.9. The van der Waals surface area contributed by atoms with E-state index in [4.69, 9.17) is 0 Å². The normalized spacial score (nSPS) is 10.0. The Morgan fingerprint density at radius 1 is 1.33 bits per heavy atom. The van der Waals surface area contributed by atoms with Gasteiger partial charge in [0.25, 0.3) is 0 Å². The van der Waals surface area contributed by atoms with Crippen LogP contribution in [0.2, 0.25) is 0 Å². The summed E-state index contributed by atoms with van der Waals surface area (Å²) in [6, 6.07) is 6.38. The first-order valence-corrected chi connectivity index (χ1v) is 5.12. The first-order chi connectivity index (χ1) is 5.66. The highest BCUT2D eigenvalue weighted by molar-refractivity contribution is 9.09. The fourth-order valence-electron chi connectivity index (χ4n) is 1.21. The summed E-state index contributed by atoms with van der Waals surface area (Å²) >= 11 is 3.44. The van der Waals surface area contributed by atoms with E-state index in [2.05, 4.69) is 59.9 Å². The van der Waals surface area contributed by atoms with Crippen LogP contribution >= 0.6 is 15.9 Å². The van der Waals surface area contributed by atoms with Crippen molar-refractivity contribution in [2.45, 2.75) is 13.8 Å². The zero-order valence-corrected chi connectivity index (χ0v) is 9.35. The average molecular weight is 228 g/mol. The molecular formula is C10H14BrN. The molecule has 0 bridgehead atoms. The van der Waals surface area contributed by atoms with Crippen molar-refractivity contribution < 1.29 is 0 Å². The van der Waals surface area contributed by atoms with Crippen LogP contribution in [0.1, 0.15) is 11.1 Å². The highest BCUT2D eigenvalue weighted by Crippen LogP contribution is 2.21. The second-order valence-electron chi connectivity index (χ2n) is 3.04. The van der Waals surface area contributed by atoms with Crippen molar-refractivity contribution in [1.29, 1.82) is 0 Å². The van der Waals surface area contributed by atoms with Gasteiger partial charge in [0.15, 0.2) is 0 Å². The molecule has 2 heteroatoms. The lowest BCUT2D eigenvalue weighted by Gasteiger charge is -2.19. The molecule has 66 valence electrons. The number of alkyl halides is 1. The van der Waals surface area contributed by atoms with Gasteiger partial charge in [0.05, 0.1) is 5.45 Å². The van der Waals surface area contributed by atoms with Crippen LogP contribution < -0.4 is 4.90 Å². The quantitative estimate of drug-likeness (QED) is 0.555. The van der Waals surface area contributed by atoms with Gasteiger partial charge >= 0.3 is 0 Å². The molecule has 0 radical (unpaired) electrons. The molecule has 0 N–H and O–H groups in total. The van der Waals surface area contributed by atoms with E-state index in [0.29, 0.717) is 0 Å². The zero-order chi connectivity index (χ0) is 9.14. The van der Waals surface area contributed by atoms with Crippen LogP contribution in [0.4, 0.5) is 5.69 Å². The number of benzene rings is 1.